The molecule has 0 saturated carbocycles. The number of nitrogens with one attached hydrogen (secondary N) is 2. The highest BCUT2D eigenvalue weighted by Gasteiger charge is 2.31. The molecule has 31 heavy (non-hydrogen) atoms. The predicted molar refractivity (Wildman–Crippen MR) is 120 cm³/mol. The van der Waals surface area contributed by atoms with Gasteiger partial charge in [-0.15, -0.1) is 13.2 Å². The summed E-state index contributed by atoms with van der Waals surface area (Å²) in [5, 5.41) is 6.46. The number of benzene rings is 2. The quantitative estimate of drug-likeness (QED) is 0.367. The van der Waals surface area contributed by atoms with Gasteiger partial charge in [0.2, 0.25) is 5.95 Å². The molecule has 0 bridgehead atoms. The Kier molecular flexibility index (Phi) is 7.04. The zero-order chi connectivity index (χ0) is 22.6. The standard InChI is InChI=1S/C22H22BrF3N4O/c1-4-14(3)27-21-29-19(15-6-5-7-16(11-15)31-22(24,25)26)12-20(30-21)28-18-9-8-13(2)10-17(18)23/h5-12,14H,4H2,1-3H3,(H2,27,28,29,30)/t14-/m0/s1. The highest BCUT2D eigenvalue weighted by molar-refractivity contribution is 9.10. The lowest BCUT2D eigenvalue weighted by atomic mass is 10.1. The third-order valence-electron chi connectivity index (χ3n) is 4.46. The fourth-order valence-electron chi connectivity index (χ4n) is 2.76. The molecule has 0 unspecified atom stereocenters. The number of anilines is 3. The zero-order valence-electron chi connectivity index (χ0n) is 17.2. The van der Waals surface area contributed by atoms with Gasteiger partial charge in [-0.2, -0.15) is 4.98 Å². The van der Waals surface area contributed by atoms with Crippen LogP contribution in [0.5, 0.6) is 5.75 Å². The molecule has 2 aromatic carbocycles. The topological polar surface area (TPSA) is 59.1 Å². The van der Waals surface area contributed by atoms with Crippen molar-refractivity contribution in [3.63, 3.8) is 0 Å². The molecule has 5 nitrogen and oxygen atoms in total. The Morgan fingerprint density at radius 2 is 1.87 bits per heavy atom. The lowest BCUT2D eigenvalue weighted by Gasteiger charge is -2.16. The maximum Gasteiger partial charge on any atom is 0.573 e. The summed E-state index contributed by atoms with van der Waals surface area (Å²) in [5.74, 6) is 0.568. The molecule has 9 heteroatoms. The maximum absolute atomic E-state index is 12.6. The number of aromatic nitrogens is 2. The van der Waals surface area contributed by atoms with Crippen LogP contribution in [0.15, 0.2) is 53.0 Å². The fourth-order valence-corrected chi connectivity index (χ4v) is 3.35. The number of halogens is 4. The second-order valence-electron chi connectivity index (χ2n) is 7.10. The monoisotopic (exact) mass is 494 g/mol. The highest BCUT2D eigenvalue weighted by Crippen LogP contribution is 2.31. The molecule has 3 aromatic rings. The molecule has 1 heterocycles. The third kappa shape index (κ3) is 6.58. The molecule has 0 fully saturated rings. The highest BCUT2D eigenvalue weighted by atomic mass is 79.9. The van der Waals surface area contributed by atoms with Crippen LogP contribution in [0.4, 0.5) is 30.6 Å². The van der Waals surface area contributed by atoms with E-state index in [0.717, 1.165) is 22.1 Å². The number of hydrogen-bond acceptors (Lipinski definition) is 5. The van der Waals surface area contributed by atoms with E-state index in [9.17, 15) is 13.2 Å². The molecule has 0 spiro atoms. The molecule has 1 atom stereocenters. The summed E-state index contributed by atoms with van der Waals surface area (Å²) in [6.07, 6.45) is -3.91. The van der Waals surface area contributed by atoms with Crippen molar-refractivity contribution in [2.45, 2.75) is 39.6 Å². The first-order chi connectivity index (χ1) is 14.6. The second kappa shape index (κ2) is 9.55. The average molecular weight is 495 g/mol. The van der Waals surface area contributed by atoms with Gasteiger partial charge < -0.3 is 15.4 Å². The number of hydrogen-bond donors (Lipinski definition) is 2. The van der Waals surface area contributed by atoms with Gasteiger partial charge in [0, 0.05) is 22.1 Å². The molecule has 2 N–H and O–H groups in total. The molecular weight excluding hydrogens is 473 g/mol. The van der Waals surface area contributed by atoms with Crippen molar-refractivity contribution < 1.29 is 17.9 Å². The van der Waals surface area contributed by atoms with E-state index >= 15 is 0 Å². The number of alkyl halides is 3. The van der Waals surface area contributed by atoms with Crippen LogP contribution in [0.2, 0.25) is 0 Å². The van der Waals surface area contributed by atoms with E-state index in [1.54, 1.807) is 12.1 Å². The van der Waals surface area contributed by atoms with Crippen molar-refractivity contribution in [3.8, 4) is 17.0 Å². The van der Waals surface area contributed by atoms with E-state index in [1.807, 2.05) is 39.0 Å². The molecule has 0 radical (unpaired) electrons. The number of rotatable bonds is 7. The van der Waals surface area contributed by atoms with Gasteiger partial charge in [-0.25, -0.2) is 4.98 Å². The summed E-state index contributed by atoms with van der Waals surface area (Å²) in [6, 6.07) is 13.4. The normalized spacial score (nSPS) is 12.4. The third-order valence-corrected chi connectivity index (χ3v) is 5.12. The van der Waals surface area contributed by atoms with Crippen LogP contribution in [0.3, 0.4) is 0 Å². The average Bonchev–Trinajstić information content (AvgIpc) is 2.69. The maximum atomic E-state index is 12.6. The molecule has 0 aliphatic heterocycles. The second-order valence-corrected chi connectivity index (χ2v) is 7.95. The van der Waals surface area contributed by atoms with Gasteiger partial charge in [-0.3, -0.25) is 0 Å². The Labute approximate surface area is 187 Å². The van der Waals surface area contributed by atoms with E-state index in [0.29, 0.717) is 23.0 Å². The lowest BCUT2D eigenvalue weighted by molar-refractivity contribution is -0.274. The van der Waals surface area contributed by atoms with Crippen LogP contribution in [-0.2, 0) is 0 Å². The van der Waals surface area contributed by atoms with Crippen molar-refractivity contribution in [3.05, 3.63) is 58.6 Å². The SMILES string of the molecule is CC[C@H](C)Nc1nc(Nc2ccc(C)cc2Br)cc(-c2cccc(OC(F)(F)F)c2)n1. The van der Waals surface area contributed by atoms with Crippen LogP contribution in [0, 0.1) is 6.92 Å². The van der Waals surface area contributed by atoms with Gasteiger partial charge >= 0.3 is 6.36 Å². The van der Waals surface area contributed by atoms with E-state index in [2.05, 4.69) is 41.3 Å². The Morgan fingerprint density at radius 1 is 1.10 bits per heavy atom. The Balaban J connectivity index is 2.00. The van der Waals surface area contributed by atoms with E-state index in [-0.39, 0.29) is 11.8 Å². The molecule has 3 rings (SSSR count). The molecule has 164 valence electrons. The van der Waals surface area contributed by atoms with Gasteiger partial charge in [0.05, 0.1) is 11.4 Å². The van der Waals surface area contributed by atoms with Crippen molar-refractivity contribution in [2.24, 2.45) is 0 Å². The van der Waals surface area contributed by atoms with Crippen LogP contribution >= 0.6 is 15.9 Å². The molecule has 0 amide bonds. The summed E-state index contributed by atoms with van der Waals surface area (Å²) in [5.41, 5.74) is 2.84. The number of aryl methyl sites for hydroxylation is 1. The van der Waals surface area contributed by atoms with Crippen LogP contribution < -0.4 is 15.4 Å². The summed E-state index contributed by atoms with van der Waals surface area (Å²) < 4.78 is 42.8. The minimum atomic E-state index is -4.77. The minimum Gasteiger partial charge on any atom is -0.406 e. The van der Waals surface area contributed by atoms with Crippen molar-refractivity contribution in [1.82, 2.24) is 9.97 Å². The van der Waals surface area contributed by atoms with Crippen LogP contribution in [0.25, 0.3) is 11.3 Å². The molecule has 0 aliphatic carbocycles. The van der Waals surface area contributed by atoms with E-state index in [4.69, 9.17) is 0 Å². The minimum absolute atomic E-state index is 0.120. The smallest absolute Gasteiger partial charge is 0.406 e. The number of ether oxygens (including phenoxy) is 1. The van der Waals surface area contributed by atoms with E-state index < -0.39 is 6.36 Å². The van der Waals surface area contributed by atoms with Gasteiger partial charge in [0.1, 0.15) is 11.6 Å². The predicted octanol–water partition coefficient (Wildman–Crippen LogP) is 7.07. The largest absolute Gasteiger partial charge is 0.573 e. The molecule has 1 aromatic heterocycles. The van der Waals surface area contributed by atoms with Crippen molar-refractivity contribution in [1.29, 1.82) is 0 Å². The first kappa shape index (κ1) is 22.9. The first-order valence-corrected chi connectivity index (χ1v) is 10.5. The Morgan fingerprint density at radius 3 is 2.55 bits per heavy atom. The van der Waals surface area contributed by atoms with Gasteiger partial charge in [-0.05, 0) is 66.0 Å². The van der Waals surface area contributed by atoms with Gasteiger partial charge in [0.25, 0.3) is 0 Å². The molecule has 0 aliphatic rings. The summed E-state index contributed by atoms with van der Waals surface area (Å²) >= 11 is 3.53. The summed E-state index contributed by atoms with van der Waals surface area (Å²) in [7, 11) is 0. The molecular formula is C22H22BrF3N4O. The zero-order valence-corrected chi connectivity index (χ0v) is 18.8. The van der Waals surface area contributed by atoms with Crippen molar-refractivity contribution in [2.75, 3.05) is 10.6 Å². The molecule has 0 saturated heterocycles. The summed E-state index contributed by atoms with van der Waals surface area (Å²) in [4.78, 5) is 9.02. The first-order valence-electron chi connectivity index (χ1n) is 9.68. The van der Waals surface area contributed by atoms with Gasteiger partial charge in [0.15, 0.2) is 0 Å². The Hall–Kier alpha value is -2.81. The fraction of sp³-hybridized carbons (Fsp3) is 0.273. The van der Waals surface area contributed by atoms with E-state index in [1.165, 1.54) is 18.2 Å². The summed E-state index contributed by atoms with van der Waals surface area (Å²) in [6.45, 7) is 6.01. The number of nitrogens with zero attached hydrogens (tertiary/aromatic N) is 2. The van der Waals surface area contributed by atoms with Gasteiger partial charge in [-0.1, -0.05) is 25.1 Å². The Bertz CT molecular complexity index is 1060. The lowest BCUT2D eigenvalue weighted by Crippen LogP contribution is -2.17. The van der Waals surface area contributed by atoms with Crippen LogP contribution in [0.1, 0.15) is 25.8 Å². The van der Waals surface area contributed by atoms with Crippen LogP contribution in [-0.4, -0.2) is 22.4 Å². The van der Waals surface area contributed by atoms with Crippen molar-refractivity contribution >= 4 is 33.4 Å².